The Morgan fingerprint density at radius 1 is 0.587 bits per heavy atom. The molecule has 8 rings (SSSR count). The van der Waals surface area contributed by atoms with Gasteiger partial charge in [-0.05, 0) is 191 Å². The number of fused-ring (bicyclic) bond motifs is 4. The summed E-state index contributed by atoms with van der Waals surface area (Å²) in [5.41, 5.74) is 22.5. The molecular formula is C71H96BN2S. The van der Waals surface area contributed by atoms with Crippen molar-refractivity contribution in [2.24, 2.45) is 10.8 Å². The molecule has 2 nitrogen and oxygen atoms in total. The van der Waals surface area contributed by atoms with Gasteiger partial charge in [-0.25, -0.2) is 0 Å². The highest BCUT2D eigenvalue weighted by atomic mass is 32.1. The SMILES string of the molecule is C=C(S)/C=C\C(C)(CCN(c1ccc(C(C)(C)C)cc1-c1cc(C(C)(C)C)cc(C(C)(C)C)c1)c1cc(C)cc2c1[B]c1cc3c(cc1N2c1ccc2c(c1)C(C)(C)CCC2(C)C)C(C)(C)CCC3(C)C)C(C)(C)C. The second kappa shape index (κ2) is 18.9. The van der Waals surface area contributed by atoms with Crippen LogP contribution >= 0.6 is 12.6 Å². The summed E-state index contributed by atoms with van der Waals surface area (Å²) in [6.45, 7) is 57.8. The highest BCUT2D eigenvalue weighted by molar-refractivity contribution is 7.84. The second-order valence-electron chi connectivity index (χ2n) is 30.6. The average Bonchev–Trinajstić information content (AvgIpc) is 3.29. The van der Waals surface area contributed by atoms with E-state index in [0.29, 0.717) is 0 Å². The molecule has 2 aliphatic carbocycles. The number of thiol groups is 1. The smallest absolute Gasteiger partial charge is 0.199 e. The largest absolute Gasteiger partial charge is 0.341 e. The molecule has 0 bridgehead atoms. The zero-order valence-corrected chi connectivity index (χ0v) is 51.9. The molecule has 0 amide bonds. The van der Waals surface area contributed by atoms with Crippen molar-refractivity contribution in [3.05, 3.63) is 147 Å². The Balaban J connectivity index is 1.48. The molecule has 399 valence electrons. The van der Waals surface area contributed by atoms with Crippen LogP contribution in [0.15, 0.2) is 102 Å². The first-order chi connectivity index (χ1) is 34.2. The topological polar surface area (TPSA) is 6.48 Å². The molecule has 4 heteroatoms. The second-order valence-corrected chi connectivity index (χ2v) is 31.2. The van der Waals surface area contributed by atoms with Crippen molar-refractivity contribution >= 4 is 59.3 Å². The van der Waals surface area contributed by atoms with Crippen LogP contribution in [0.2, 0.25) is 0 Å². The Bertz CT molecular complexity index is 3040. The molecule has 5 aromatic carbocycles. The van der Waals surface area contributed by atoms with Crippen LogP contribution in [0, 0.1) is 17.8 Å². The zero-order chi connectivity index (χ0) is 55.6. The predicted octanol–water partition coefficient (Wildman–Crippen LogP) is 19.3. The van der Waals surface area contributed by atoms with Gasteiger partial charge in [0.05, 0.1) is 0 Å². The third-order valence-corrected chi connectivity index (χ3v) is 18.9. The fourth-order valence-electron chi connectivity index (χ4n) is 12.3. The van der Waals surface area contributed by atoms with Crippen LogP contribution in [-0.2, 0) is 37.9 Å². The van der Waals surface area contributed by atoms with Gasteiger partial charge in [0.25, 0.3) is 0 Å². The summed E-state index contributed by atoms with van der Waals surface area (Å²) in [4.78, 5) is 6.17. The standard InChI is InChI=1S/C71H96BN2S/c1-45-36-60(62-61(37-45)74(51-25-26-53-54(42-51)68(17,18)31-30-67(53,15)16)59-44-56-55(43-57(59)72-62)69(19,20)32-33-70(56,21)22)73(35-34-71(23,66(12,13)14)29-28-46(2)75)58-27-24-48(63(3,4)5)41-52(58)47-38-49(64(6,7)8)40-50(39-47)65(9,10)11/h24-29,36-44,75H,2,30-35H2,1,3-23H3/b29-28-. The highest BCUT2D eigenvalue weighted by Crippen LogP contribution is 2.53. The summed E-state index contributed by atoms with van der Waals surface area (Å²) in [6.07, 6.45) is 10.1. The molecule has 0 saturated heterocycles. The van der Waals surface area contributed by atoms with E-state index >= 15 is 0 Å². The van der Waals surface area contributed by atoms with E-state index in [1.165, 1.54) is 121 Å². The van der Waals surface area contributed by atoms with Crippen molar-refractivity contribution in [2.45, 2.75) is 222 Å². The van der Waals surface area contributed by atoms with Gasteiger partial charge in [0.2, 0.25) is 0 Å². The van der Waals surface area contributed by atoms with Crippen LogP contribution in [0.3, 0.4) is 0 Å². The lowest BCUT2D eigenvalue weighted by molar-refractivity contribution is 0.158. The lowest BCUT2D eigenvalue weighted by Crippen LogP contribution is -2.45. The van der Waals surface area contributed by atoms with Gasteiger partial charge < -0.3 is 9.80 Å². The van der Waals surface area contributed by atoms with Crippen LogP contribution < -0.4 is 20.7 Å². The molecular weight excluding hydrogens is 924 g/mol. The molecule has 0 aromatic heterocycles. The molecule has 1 heterocycles. The summed E-state index contributed by atoms with van der Waals surface area (Å²) in [6, 6.07) is 32.6. The summed E-state index contributed by atoms with van der Waals surface area (Å²) in [5, 5.41) is 0. The number of hydrogen-bond donors (Lipinski definition) is 1. The molecule has 0 N–H and O–H groups in total. The van der Waals surface area contributed by atoms with Gasteiger partial charge in [-0.1, -0.05) is 206 Å². The van der Waals surface area contributed by atoms with E-state index in [1.54, 1.807) is 0 Å². The lowest BCUT2D eigenvalue weighted by Gasteiger charge is -2.46. The van der Waals surface area contributed by atoms with Gasteiger partial charge in [0.15, 0.2) is 7.28 Å². The van der Waals surface area contributed by atoms with E-state index in [2.05, 4.69) is 267 Å². The fraction of sp³-hybridized carbons (Fsp3) is 0.521. The molecule has 1 unspecified atom stereocenters. The fourth-order valence-corrected chi connectivity index (χ4v) is 12.4. The van der Waals surface area contributed by atoms with E-state index in [0.717, 1.165) is 17.9 Å². The predicted molar refractivity (Wildman–Crippen MR) is 336 cm³/mol. The monoisotopic (exact) mass is 1020 g/mol. The average molecular weight is 1020 g/mol. The van der Waals surface area contributed by atoms with Gasteiger partial charge >= 0.3 is 0 Å². The Hall–Kier alpha value is -4.41. The minimum Gasteiger partial charge on any atom is -0.341 e. The van der Waals surface area contributed by atoms with Crippen LogP contribution in [0.1, 0.15) is 222 Å². The van der Waals surface area contributed by atoms with Crippen molar-refractivity contribution in [3.63, 3.8) is 0 Å². The summed E-state index contributed by atoms with van der Waals surface area (Å²) >= 11 is 4.69. The number of nitrogens with zero attached hydrogens (tertiary/aromatic N) is 2. The van der Waals surface area contributed by atoms with Gasteiger partial charge in [0.1, 0.15) is 0 Å². The molecule has 5 aromatic rings. The molecule has 0 saturated carbocycles. The number of benzene rings is 5. The Kier molecular flexibility index (Phi) is 14.3. The van der Waals surface area contributed by atoms with Crippen molar-refractivity contribution in [3.8, 4) is 11.1 Å². The maximum absolute atomic E-state index is 4.69. The number of hydrogen-bond acceptors (Lipinski definition) is 3. The number of allylic oxidation sites excluding steroid dienone is 2. The van der Waals surface area contributed by atoms with E-state index in [1.807, 2.05) is 0 Å². The molecule has 0 spiro atoms. The summed E-state index contributed by atoms with van der Waals surface area (Å²) in [5.74, 6) is 0. The van der Waals surface area contributed by atoms with Crippen LogP contribution in [0.4, 0.5) is 28.4 Å². The van der Waals surface area contributed by atoms with Gasteiger partial charge in [0, 0.05) is 40.5 Å². The summed E-state index contributed by atoms with van der Waals surface area (Å²) < 4.78 is 0. The molecule has 1 atom stereocenters. The maximum Gasteiger partial charge on any atom is 0.199 e. The third-order valence-electron chi connectivity index (χ3n) is 18.8. The maximum atomic E-state index is 4.69. The van der Waals surface area contributed by atoms with Gasteiger partial charge in [-0.3, -0.25) is 0 Å². The molecule has 3 aliphatic rings. The van der Waals surface area contributed by atoms with Crippen LogP contribution in [-0.4, -0.2) is 13.8 Å². The van der Waals surface area contributed by atoms with Crippen LogP contribution in [0.5, 0.6) is 0 Å². The number of anilines is 5. The third kappa shape index (κ3) is 10.9. The molecule has 1 aliphatic heterocycles. The summed E-state index contributed by atoms with van der Waals surface area (Å²) in [7, 11) is 2.57. The Morgan fingerprint density at radius 2 is 1.11 bits per heavy atom. The van der Waals surface area contributed by atoms with Crippen molar-refractivity contribution in [1.82, 2.24) is 0 Å². The zero-order valence-electron chi connectivity index (χ0n) is 51.0. The molecule has 75 heavy (non-hydrogen) atoms. The van der Waals surface area contributed by atoms with E-state index in [-0.39, 0.29) is 48.7 Å². The first-order valence-electron chi connectivity index (χ1n) is 28.5. The van der Waals surface area contributed by atoms with Gasteiger partial charge in [-0.15, -0.1) is 12.6 Å². The van der Waals surface area contributed by atoms with E-state index < -0.39 is 0 Å². The van der Waals surface area contributed by atoms with Crippen molar-refractivity contribution in [1.29, 1.82) is 0 Å². The Morgan fingerprint density at radius 3 is 1.63 bits per heavy atom. The number of rotatable bonds is 9. The Labute approximate surface area is 464 Å². The number of aryl methyl sites for hydroxylation is 1. The van der Waals surface area contributed by atoms with Crippen molar-refractivity contribution < 1.29 is 0 Å². The van der Waals surface area contributed by atoms with Crippen molar-refractivity contribution in [2.75, 3.05) is 16.3 Å². The van der Waals surface area contributed by atoms with E-state index in [4.69, 9.17) is 12.6 Å². The van der Waals surface area contributed by atoms with Crippen LogP contribution in [0.25, 0.3) is 11.1 Å². The normalized spacial score (nSPS) is 18.6. The molecule has 1 radical (unpaired) electrons. The molecule has 0 fully saturated rings. The quantitative estimate of drug-likeness (QED) is 0.0876. The van der Waals surface area contributed by atoms with E-state index in [9.17, 15) is 0 Å². The minimum absolute atomic E-state index is 0.0403. The minimum atomic E-state index is -0.193. The van der Waals surface area contributed by atoms with Gasteiger partial charge in [-0.2, -0.15) is 0 Å². The lowest BCUT2D eigenvalue weighted by atomic mass is 9.55. The first kappa shape index (κ1) is 56.8. The first-order valence-corrected chi connectivity index (χ1v) is 29.0. The highest BCUT2D eigenvalue weighted by Gasteiger charge is 2.43.